The summed E-state index contributed by atoms with van der Waals surface area (Å²) in [5.41, 5.74) is 7.73. The summed E-state index contributed by atoms with van der Waals surface area (Å²) in [5.74, 6) is -5.39. The van der Waals surface area contributed by atoms with Gasteiger partial charge in [-0.05, 0) is 23.5 Å². The molecular weight excluding hydrogens is 504 g/mol. The Morgan fingerprint density at radius 3 is 1.74 bits per heavy atom. The van der Waals surface area contributed by atoms with Crippen molar-refractivity contribution in [1.82, 2.24) is 16.0 Å². The lowest BCUT2D eigenvalue weighted by atomic mass is 9.96. The zero-order valence-corrected chi connectivity index (χ0v) is 22.0. The second-order valence-corrected chi connectivity index (χ2v) is 9.42. The van der Waals surface area contributed by atoms with Gasteiger partial charge in [-0.15, -0.1) is 0 Å². The van der Waals surface area contributed by atoms with Gasteiger partial charge in [0.05, 0.1) is 12.5 Å². The van der Waals surface area contributed by atoms with Gasteiger partial charge in [-0.25, -0.2) is 4.79 Å². The van der Waals surface area contributed by atoms with Gasteiger partial charge in [0.2, 0.25) is 17.7 Å². The highest BCUT2D eigenvalue weighted by molar-refractivity contribution is 5.95. The molecule has 5 atom stereocenters. The second-order valence-electron chi connectivity index (χ2n) is 9.42. The number of nitrogens with one attached hydrogen (secondary N) is 3. The number of carbonyl (C=O) groups excluding carboxylic acids is 3. The van der Waals surface area contributed by atoms with E-state index in [4.69, 9.17) is 10.8 Å². The zero-order chi connectivity index (χ0) is 28.9. The van der Waals surface area contributed by atoms with Crippen LogP contribution in [0.5, 0.6) is 0 Å². The Balaban J connectivity index is 2.23. The van der Waals surface area contributed by atoms with Crippen LogP contribution in [-0.2, 0) is 36.8 Å². The molecule has 2 aromatic carbocycles. The van der Waals surface area contributed by atoms with Crippen LogP contribution in [0, 0.1) is 5.92 Å². The Morgan fingerprint density at radius 1 is 0.744 bits per heavy atom. The van der Waals surface area contributed by atoms with E-state index in [9.17, 15) is 29.1 Å². The maximum absolute atomic E-state index is 13.4. The van der Waals surface area contributed by atoms with Crippen LogP contribution < -0.4 is 21.7 Å². The summed E-state index contributed by atoms with van der Waals surface area (Å²) in [6.45, 7) is 3.48. The molecular formula is C28H36N4O7. The highest BCUT2D eigenvalue weighted by Crippen LogP contribution is 2.11. The fourth-order valence-corrected chi connectivity index (χ4v) is 3.89. The van der Waals surface area contributed by atoms with Crippen LogP contribution in [0.15, 0.2) is 60.7 Å². The minimum absolute atomic E-state index is 0.113. The Bertz CT molecular complexity index is 1130. The first-order chi connectivity index (χ1) is 18.5. The number of amides is 3. The first kappa shape index (κ1) is 31.0. The average molecular weight is 541 g/mol. The second kappa shape index (κ2) is 15.2. The van der Waals surface area contributed by atoms with Crippen LogP contribution >= 0.6 is 0 Å². The van der Waals surface area contributed by atoms with E-state index in [1.807, 2.05) is 36.4 Å². The van der Waals surface area contributed by atoms with Crippen molar-refractivity contribution < 1.29 is 34.2 Å². The summed E-state index contributed by atoms with van der Waals surface area (Å²) in [6.07, 6.45) is -0.00653. The summed E-state index contributed by atoms with van der Waals surface area (Å²) < 4.78 is 0. The Morgan fingerprint density at radius 2 is 1.26 bits per heavy atom. The van der Waals surface area contributed by atoms with Gasteiger partial charge in [0.15, 0.2) is 0 Å². The number of carbonyl (C=O) groups is 5. The molecule has 0 aliphatic rings. The Kier molecular flexibility index (Phi) is 12.1. The quantitative estimate of drug-likeness (QED) is 0.192. The SMILES string of the molecule is CCC(C)C(NC(=O)C(Cc1ccccc1)NC(=O)C(N)Cc1ccccc1)C(=O)NC(CC(=O)O)C(=O)O. The van der Waals surface area contributed by atoms with Crippen molar-refractivity contribution in [3.63, 3.8) is 0 Å². The third-order valence-electron chi connectivity index (χ3n) is 6.34. The number of nitrogens with two attached hydrogens (primary N) is 1. The molecule has 0 bridgehead atoms. The van der Waals surface area contributed by atoms with Gasteiger partial charge >= 0.3 is 11.9 Å². The van der Waals surface area contributed by atoms with Gasteiger partial charge in [0, 0.05) is 6.42 Å². The lowest BCUT2D eigenvalue weighted by Crippen LogP contribution is -2.59. The van der Waals surface area contributed by atoms with E-state index in [1.165, 1.54) is 0 Å². The van der Waals surface area contributed by atoms with E-state index < -0.39 is 66.2 Å². The Hall–Kier alpha value is -4.25. The molecule has 0 heterocycles. The van der Waals surface area contributed by atoms with Gasteiger partial charge in [0.25, 0.3) is 0 Å². The molecule has 0 radical (unpaired) electrons. The predicted octanol–water partition coefficient (Wildman–Crippen LogP) is 0.859. The van der Waals surface area contributed by atoms with Crippen molar-refractivity contribution in [2.45, 2.75) is 63.7 Å². The van der Waals surface area contributed by atoms with E-state index in [0.29, 0.717) is 6.42 Å². The third kappa shape index (κ3) is 10.2. The Labute approximate surface area is 227 Å². The summed E-state index contributed by atoms with van der Waals surface area (Å²) in [6, 6.07) is 13.3. The highest BCUT2D eigenvalue weighted by atomic mass is 16.4. The molecule has 7 N–H and O–H groups in total. The number of benzene rings is 2. The highest BCUT2D eigenvalue weighted by Gasteiger charge is 2.33. The molecule has 11 nitrogen and oxygen atoms in total. The molecule has 0 saturated heterocycles. The standard InChI is InChI=1S/C28H36N4O7/c1-3-17(2)24(27(37)31-22(28(38)39)16-23(33)34)32-26(36)21(15-19-12-8-5-9-13-19)30-25(35)20(29)14-18-10-6-4-7-11-18/h4-13,17,20-22,24H,3,14-16,29H2,1-2H3,(H,30,35)(H,31,37)(H,32,36)(H,33,34)(H,38,39). The third-order valence-corrected chi connectivity index (χ3v) is 6.34. The van der Waals surface area contributed by atoms with Crippen LogP contribution in [-0.4, -0.2) is 64.0 Å². The number of carboxylic acids is 2. The molecule has 0 aromatic heterocycles. The maximum Gasteiger partial charge on any atom is 0.326 e. The first-order valence-electron chi connectivity index (χ1n) is 12.7. The van der Waals surface area contributed by atoms with Gasteiger partial charge in [0.1, 0.15) is 18.1 Å². The van der Waals surface area contributed by atoms with Crippen molar-refractivity contribution in [2.24, 2.45) is 11.7 Å². The van der Waals surface area contributed by atoms with E-state index >= 15 is 0 Å². The van der Waals surface area contributed by atoms with Crippen molar-refractivity contribution in [1.29, 1.82) is 0 Å². The topological polar surface area (TPSA) is 188 Å². The molecule has 210 valence electrons. The zero-order valence-electron chi connectivity index (χ0n) is 22.0. The molecule has 3 amide bonds. The van der Waals surface area contributed by atoms with Gasteiger partial charge in [-0.3, -0.25) is 19.2 Å². The summed E-state index contributed by atoms with van der Waals surface area (Å²) in [4.78, 5) is 61.9. The fourth-order valence-electron chi connectivity index (χ4n) is 3.89. The molecule has 2 aromatic rings. The number of hydrogen-bond acceptors (Lipinski definition) is 6. The fraction of sp³-hybridized carbons (Fsp3) is 0.393. The first-order valence-corrected chi connectivity index (χ1v) is 12.7. The van der Waals surface area contributed by atoms with Gasteiger partial charge in [-0.2, -0.15) is 0 Å². The van der Waals surface area contributed by atoms with Gasteiger partial charge in [-0.1, -0.05) is 80.9 Å². The summed E-state index contributed by atoms with van der Waals surface area (Å²) >= 11 is 0. The number of rotatable bonds is 15. The van der Waals surface area contributed by atoms with E-state index in [-0.39, 0.29) is 12.8 Å². The van der Waals surface area contributed by atoms with E-state index in [0.717, 1.165) is 11.1 Å². The van der Waals surface area contributed by atoms with Crippen molar-refractivity contribution in [3.05, 3.63) is 71.8 Å². The maximum atomic E-state index is 13.4. The normalized spacial score (nSPS) is 14.6. The molecule has 5 unspecified atom stereocenters. The van der Waals surface area contributed by atoms with Crippen LogP contribution in [0.1, 0.15) is 37.8 Å². The number of aliphatic carboxylic acids is 2. The lowest BCUT2D eigenvalue weighted by molar-refractivity contribution is -0.147. The predicted molar refractivity (Wildman–Crippen MR) is 143 cm³/mol. The molecule has 0 spiro atoms. The van der Waals surface area contributed by atoms with E-state index in [2.05, 4.69) is 16.0 Å². The summed E-state index contributed by atoms with van der Waals surface area (Å²) in [5, 5.41) is 25.8. The molecule has 39 heavy (non-hydrogen) atoms. The number of carboxylic acid groups (broad SMARTS) is 2. The number of hydrogen-bond donors (Lipinski definition) is 6. The molecule has 11 heteroatoms. The lowest BCUT2D eigenvalue weighted by Gasteiger charge is -2.28. The molecule has 0 saturated carbocycles. The van der Waals surface area contributed by atoms with Crippen molar-refractivity contribution in [3.8, 4) is 0 Å². The van der Waals surface area contributed by atoms with Crippen LogP contribution in [0.4, 0.5) is 0 Å². The van der Waals surface area contributed by atoms with Crippen LogP contribution in [0.3, 0.4) is 0 Å². The largest absolute Gasteiger partial charge is 0.481 e. The molecule has 0 aliphatic carbocycles. The molecule has 0 fully saturated rings. The smallest absolute Gasteiger partial charge is 0.326 e. The van der Waals surface area contributed by atoms with Gasteiger partial charge < -0.3 is 31.9 Å². The van der Waals surface area contributed by atoms with E-state index in [1.54, 1.807) is 38.1 Å². The van der Waals surface area contributed by atoms with Crippen molar-refractivity contribution >= 4 is 29.7 Å². The minimum Gasteiger partial charge on any atom is -0.481 e. The molecule has 0 aliphatic heterocycles. The molecule has 2 rings (SSSR count). The van der Waals surface area contributed by atoms with Crippen molar-refractivity contribution in [2.75, 3.05) is 0 Å². The minimum atomic E-state index is -1.67. The average Bonchev–Trinajstić information content (AvgIpc) is 2.91. The van der Waals surface area contributed by atoms with Crippen LogP contribution in [0.2, 0.25) is 0 Å². The monoisotopic (exact) mass is 540 g/mol. The van der Waals surface area contributed by atoms with Crippen LogP contribution in [0.25, 0.3) is 0 Å². The summed E-state index contributed by atoms with van der Waals surface area (Å²) in [7, 11) is 0.